The summed E-state index contributed by atoms with van der Waals surface area (Å²) in [5.74, 6) is 1.68. The molecule has 0 radical (unpaired) electrons. The normalized spacial score (nSPS) is 10.5. The van der Waals surface area contributed by atoms with Gasteiger partial charge < -0.3 is 5.32 Å². The molecule has 110 valence electrons. The predicted octanol–water partition coefficient (Wildman–Crippen LogP) is 2.29. The highest BCUT2D eigenvalue weighted by molar-refractivity contribution is 5.61. The molecule has 0 saturated heterocycles. The first-order chi connectivity index (χ1) is 10.6. The van der Waals surface area contributed by atoms with E-state index in [1.807, 2.05) is 30.3 Å². The van der Waals surface area contributed by atoms with Gasteiger partial charge in [-0.25, -0.2) is 15.0 Å². The van der Waals surface area contributed by atoms with Crippen LogP contribution in [0.15, 0.2) is 53.5 Å². The standard InChI is InChI=1S/C16H15N5O/c1-11-17-9-8-14(18-11)20-16-19-13(10-15(22)21(16)2)12-6-4-3-5-7-12/h3-10H,1-2H3,(H,17,18,19,20). The van der Waals surface area contributed by atoms with Crippen molar-refractivity contribution in [3.63, 3.8) is 0 Å². The monoisotopic (exact) mass is 293 g/mol. The van der Waals surface area contributed by atoms with E-state index in [1.165, 1.54) is 10.6 Å². The van der Waals surface area contributed by atoms with Gasteiger partial charge >= 0.3 is 0 Å². The number of hydrogen-bond acceptors (Lipinski definition) is 5. The molecule has 1 aromatic carbocycles. The van der Waals surface area contributed by atoms with Gasteiger partial charge in [0.05, 0.1) is 5.69 Å². The lowest BCUT2D eigenvalue weighted by molar-refractivity contribution is 0.838. The molecule has 0 aliphatic heterocycles. The number of hydrogen-bond donors (Lipinski definition) is 1. The van der Waals surface area contributed by atoms with E-state index in [9.17, 15) is 4.79 Å². The maximum Gasteiger partial charge on any atom is 0.255 e. The second kappa shape index (κ2) is 5.77. The zero-order valence-electron chi connectivity index (χ0n) is 12.3. The van der Waals surface area contributed by atoms with Crippen LogP contribution < -0.4 is 10.9 Å². The van der Waals surface area contributed by atoms with Gasteiger partial charge in [-0.05, 0) is 13.0 Å². The Kier molecular flexibility index (Phi) is 3.65. The van der Waals surface area contributed by atoms with Crippen molar-refractivity contribution in [3.8, 4) is 11.3 Å². The largest absolute Gasteiger partial charge is 0.310 e. The molecule has 3 aromatic rings. The minimum absolute atomic E-state index is 0.137. The Hall–Kier alpha value is -3.02. The zero-order valence-corrected chi connectivity index (χ0v) is 12.3. The molecule has 1 N–H and O–H groups in total. The van der Waals surface area contributed by atoms with Crippen LogP contribution in [0.1, 0.15) is 5.82 Å². The third-order valence-electron chi connectivity index (χ3n) is 3.22. The SMILES string of the molecule is Cc1nccc(Nc2nc(-c3ccccc3)cc(=O)n2C)n1. The van der Waals surface area contributed by atoms with E-state index in [4.69, 9.17) is 0 Å². The minimum atomic E-state index is -0.137. The molecule has 0 fully saturated rings. The number of aromatic nitrogens is 4. The molecular formula is C16H15N5O. The Morgan fingerprint density at radius 1 is 1.09 bits per heavy atom. The van der Waals surface area contributed by atoms with Gasteiger partial charge in [-0.2, -0.15) is 0 Å². The quantitative estimate of drug-likeness (QED) is 0.802. The Morgan fingerprint density at radius 2 is 1.86 bits per heavy atom. The summed E-state index contributed by atoms with van der Waals surface area (Å²) in [4.78, 5) is 25.0. The number of aryl methyl sites for hydroxylation is 1. The molecule has 0 saturated carbocycles. The van der Waals surface area contributed by atoms with E-state index in [-0.39, 0.29) is 5.56 Å². The third-order valence-corrected chi connectivity index (χ3v) is 3.22. The van der Waals surface area contributed by atoms with Crippen LogP contribution in [0.5, 0.6) is 0 Å². The van der Waals surface area contributed by atoms with Crippen LogP contribution in [0.4, 0.5) is 11.8 Å². The number of nitrogens with zero attached hydrogens (tertiary/aromatic N) is 4. The number of anilines is 2. The summed E-state index contributed by atoms with van der Waals surface area (Å²) in [5.41, 5.74) is 1.38. The van der Waals surface area contributed by atoms with Gasteiger partial charge in [0.15, 0.2) is 0 Å². The molecule has 6 nitrogen and oxygen atoms in total. The van der Waals surface area contributed by atoms with Gasteiger partial charge in [0.2, 0.25) is 5.95 Å². The molecule has 0 unspecified atom stereocenters. The lowest BCUT2D eigenvalue weighted by Crippen LogP contribution is -2.20. The van der Waals surface area contributed by atoms with E-state index in [2.05, 4.69) is 20.3 Å². The van der Waals surface area contributed by atoms with Crippen LogP contribution in [0.3, 0.4) is 0 Å². The molecule has 0 atom stereocenters. The summed E-state index contributed by atoms with van der Waals surface area (Å²) in [5, 5.41) is 3.06. The van der Waals surface area contributed by atoms with Crippen LogP contribution >= 0.6 is 0 Å². The second-order valence-electron chi connectivity index (χ2n) is 4.84. The van der Waals surface area contributed by atoms with Gasteiger partial charge in [0.25, 0.3) is 5.56 Å². The summed E-state index contributed by atoms with van der Waals surface area (Å²) in [6.07, 6.45) is 1.66. The Balaban J connectivity index is 2.04. The fraction of sp³-hybridized carbons (Fsp3) is 0.125. The first-order valence-corrected chi connectivity index (χ1v) is 6.83. The van der Waals surface area contributed by atoms with Crippen LogP contribution in [0.25, 0.3) is 11.3 Å². The van der Waals surface area contributed by atoms with Gasteiger partial charge in [-0.3, -0.25) is 9.36 Å². The Morgan fingerprint density at radius 3 is 2.59 bits per heavy atom. The van der Waals surface area contributed by atoms with E-state index >= 15 is 0 Å². The molecule has 0 spiro atoms. The van der Waals surface area contributed by atoms with E-state index in [1.54, 1.807) is 26.2 Å². The summed E-state index contributed by atoms with van der Waals surface area (Å²) >= 11 is 0. The topological polar surface area (TPSA) is 72.7 Å². The van der Waals surface area contributed by atoms with Crippen LogP contribution in [0.2, 0.25) is 0 Å². The minimum Gasteiger partial charge on any atom is -0.310 e. The zero-order chi connectivity index (χ0) is 15.5. The maximum atomic E-state index is 12.1. The molecule has 3 rings (SSSR count). The number of nitrogens with one attached hydrogen (secondary N) is 1. The fourth-order valence-electron chi connectivity index (χ4n) is 2.05. The van der Waals surface area contributed by atoms with Gasteiger partial charge in [-0.1, -0.05) is 30.3 Å². The summed E-state index contributed by atoms with van der Waals surface area (Å²) in [6.45, 7) is 1.80. The molecule has 2 heterocycles. The molecule has 0 bridgehead atoms. The second-order valence-corrected chi connectivity index (χ2v) is 4.84. The molecule has 0 amide bonds. The average molecular weight is 293 g/mol. The third kappa shape index (κ3) is 2.85. The molecule has 0 aliphatic carbocycles. The summed E-state index contributed by atoms with van der Waals surface area (Å²) < 4.78 is 1.45. The van der Waals surface area contributed by atoms with Gasteiger partial charge in [-0.15, -0.1) is 0 Å². The summed E-state index contributed by atoms with van der Waals surface area (Å²) in [6, 6.07) is 12.8. The van der Waals surface area contributed by atoms with Crippen molar-refractivity contribution in [3.05, 3.63) is 64.8 Å². The van der Waals surface area contributed by atoms with Crippen LogP contribution in [-0.4, -0.2) is 19.5 Å². The molecular weight excluding hydrogens is 278 g/mol. The first kappa shape index (κ1) is 13.9. The highest BCUT2D eigenvalue weighted by atomic mass is 16.1. The summed E-state index contributed by atoms with van der Waals surface area (Å²) in [7, 11) is 1.67. The van der Waals surface area contributed by atoms with E-state index in [0.29, 0.717) is 23.3 Å². The van der Waals surface area contributed by atoms with E-state index < -0.39 is 0 Å². The lowest BCUT2D eigenvalue weighted by Gasteiger charge is -2.11. The van der Waals surface area contributed by atoms with Gasteiger partial charge in [0, 0.05) is 24.9 Å². The Bertz CT molecular complexity index is 858. The molecule has 22 heavy (non-hydrogen) atoms. The molecule has 6 heteroatoms. The average Bonchev–Trinajstić information content (AvgIpc) is 2.52. The highest BCUT2D eigenvalue weighted by Gasteiger charge is 2.08. The van der Waals surface area contributed by atoms with Crippen LogP contribution in [0, 0.1) is 6.92 Å². The van der Waals surface area contributed by atoms with Crippen molar-refractivity contribution in [1.29, 1.82) is 0 Å². The molecule has 2 aromatic heterocycles. The lowest BCUT2D eigenvalue weighted by atomic mass is 10.1. The fourth-order valence-corrected chi connectivity index (χ4v) is 2.05. The number of benzene rings is 1. The van der Waals surface area contributed by atoms with Crippen molar-refractivity contribution in [1.82, 2.24) is 19.5 Å². The maximum absolute atomic E-state index is 12.1. The van der Waals surface area contributed by atoms with Gasteiger partial charge in [0.1, 0.15) is 11.6 Å². The van der Waals surface area contributed by atoms with Crippen LogP contribution in [-0.2, 0) is 7.05 Å². The van der Waals surface area contributed by atoms with Crippen molar-refractivity contribution in [2.75, 3.05) is 5.32 Å². The highest BCUT2D eigenvalue weighted by Crippen LogP contribution is 2.17. The Labute approximate surface area is 127 Å². The first-order valence-electron chi connectivity index (χ1n) is 6.83. The van der Waals surface area contributed by atoms with E-state index in [0.717, 1.165) is 5.56 Å². The predicted molar refractivity (Wildman–Crippen MR) is 85.0 cm³/mol. The van der Waals surface area contributed by atoms with Crippen molar-refractivity contribution in [2.45, 2.75) is 6.92 Å². The molecule has 0 aliphatic rings. The number of rotatable bonds is 3. The van der Waals surface area contributed by atoms with Crippen molar-refractivity contribution >= 4 is 11.8 Å². The van der Waals surface area contributed by atoms with Crippen molar-refractivity contribution in [2.24, 2.45) is 7.05 Å². The smallest absolute Gasteiger partial charge is 0.255 e. The van der Waals surface area contributed by atoms with Crippen molar-refractivity contribution < 1.29 is 0 Å².